The number of nitrogens with one attached hydrogen (secondary N) is 1. The lowest BCUT2D eigenvalue weighted by atomic mass is 9.98. The minimum Gasteiger partial charge on any atom is -0.350 e. The van der Waals surface area contributed by atoms with E-state index in [9.17, 15) is 13.2 Å². The molecule has 0 spiro atoms. The van der Waals surface area contributed by atoms with Crippen molar-refractivity contribution in [2.45, 2.75) is 12.8 Å². The van der Waals surface area contributed by atoms with Gasteiger partial charge in [-0.3, -0.25) is 4.79 Å². The molecule has 1 amide bonds. The average Bonchev–Trinajstić information content (AvgIpc) is 2.53. The van der Waals surface area contributed by atoms with Gasteiger partial charge in [-0.05, 0) is 18.8 Å². The third-order valence-corrected chi connectivity index (χ3v) is 6.77. The van der Waals surface area contributed by atoms with Gasteiger partial charge in [-0.25, -0.2) is 17.7 Å². The molecule has 2 rings (SSSR count). The van der Waals surface area contributed by atoms with Crippen LogP contribution < -0.4 is 5.32 Å². The van der Waals surface area contributed by atoms with Crippen molar-refractivity contribution in [3.8, 4) is 0 Å². The third kappa shape index (κ3) is 4.65. The Morgan fingerprint density at radius 2 is 1.75 bits per heavy atom. The van der Waals surface area contributed by atoms with Gasteiger partial charge in [0.1, 0.15) is 10.8 Å². The molecule has 1 aliphatic heterocycles. The molecule has 1 aromatic rings. The Labute approximate surface area is 160 Å². The molecule has 11 heteroatoms. The molecule has 0 bridgehead atoms. The first-order chi connectivity index (χ1) is 11.1. The van der Waals surface area contributed by atoms with E-state index in [1.54, 1.807) is 0 Å². The summed E-state index contributed by atoms with van der Waals surface area (Å²) >= 11 is 23.5. The van der Waals surface area contributed by atoms with Crippen molar-refractivity contribution in [1.82, 2.24) is 14.6 Å². The van der Waals surface area contributed by atoms with Crippen LogP contribution in [0, 0.1) is 5.92 Å². The predicted molar refractivity (Wildman–Crippen MR) is 95.8 cm³/mol. The van der Waals surface area contributed by atoms with Crippen LogP contribution in [0.15, 0.2) is 0 Å². The SMILES string of the molecule is CS(=O)(=O)N1CCC(CNC(=O)c2nc(Cl)c(Cl)c(Cl)c2Cl)CC1. The molecular weight excluding hydrogens is 420 g/mol. The number of hydrogen-bond acceptors (Lipinski definition) is 4. The van der Waals surface area contributed by atoms with Gasteiger partial charge < -0.3 is 5.32 Å². The third-order valence-electron chi connectivity index (χ3n) is 3.79. The monoisotopic (exact) mass is 433 g/mol. The van der Waals surface area contributed by atoms with Crippen molar-refractivity contribution >= 4 is 62.3 Å². The number of amides is 1. The number of piperidine rings is 1. The highest BCUT2D eigenvalue weighted by atomic mass is 35.5. The summed E-state index contributed by atoms with van der Waals surface area (Å²) in [7, 11) is -3.17. The van der Waals surface area contributed by atoms with E-state index in [1.165, 1.54) is 10.6 Å². The number of aromatic nitrogens is 1. The van der Waals surface area contributed by atoms with Crippen molar-refractivity contribution in [1.29, 1.82) is 0 Å². The zero-order valence-electron chi connectivity index (χ0n) is 12.7. The summed E-state index contributed by atoms with van der Waals surface area (Å²) in [6.45, 7) is 1.26. The van der Waals surface area contributed by atoms with Crippen molar-refractivity contribution in [2.24, 2.45) is 5.92 Å². The summed E-state index contributed by atoms with van der Waals surface area (Å²) < 4.78 is 24.4. The van der Waals surface area contributed by atoms with E-state index in [-0.39, 0.29) is 31.8 Å². The normalized spacial score (nSPS) is 17.0. The number of nitrogens with zero attached hydrogens (tertiary/aromatic N) is 2. The molecule has 0 saturated carbocycles. The molecule has 6 nitrogen and oxygen atoms in total. The molecule has 1 N–H and O–H groups in total. The van der Waals surface area contributed by atoms with Crippen LogP contribution in [0.1, 0.15) is 23.3 Å². The molecule has 2 heterocycles. The Hall–Kier alpha value is -0.310. The van der Waals surface area contributed by atoms with Gasteiger partial charge in [0.2, 0.25) is 10.0 Å². The molecule has 0 unspecified atom stereocenters. The van der Waals surface area contributed by atoms with Gasteiger partial charge in [0.25, 0.3) is 5.91 Å². The predicted octanol–water partition coefficient (Wildman–Crippen LogP) is 3.10. The van der Waals surface area contributed by atoms with Crippen molar-refractivity contribution in [2.75, 3.05) is 25.9 Å². The van der Waals surface area contributed by atoms with Gasteiger partial charge in [0, 0.05) is 19.6 Å². The molecule has 134 valence electrons. The molecule has 1 fully saturated rings. The van der Waals surface area contributed by atoms with Crippen LogP contribution in [-0.2, 0) is 10.0 Å². The number of carbonyl (C=O) groups is 1. The Bertz CT molecular complexity index is 749. The molecule has 0 aliphatic carbocycles. The van der Waals surface area contributed by atoms with Crippen molar-refractivity contribution in [3.63, 3.8) is 0 Å². The fourth-order valence-electron chi connectivity index (χ4n) is 2.40. The lowest BCUT2D eigenvalue weighted by Crippen LogP contribution is -2.41. The van der Waals surface area contributed by atoms with Crippen LogP contribution in [-0.4, -0.2) is 49.5 Å². The highest BCUT2D eigenvalue weighted by Crippen LogP contribution is 2.36. The molecule has 0 aromatic carbocycles. The van der Waals surface area contributed by atoms with Crippen LogP contribution in [0.2, 0.25) is 20.2 Å². The zero-order valence-corrected chi connectivity index (χ0v) is 16.5. The number of sulfonamides is 1. The summed E-state index contributed by atoms with van der Waals surface area (Å²) in [5.74, 6) is -0.338. The maximum absolute atomic E-state index is 12.2. The smallest absolute Gasteiger partial charge is 0.271 e. The van der Waals surface area contributed by atoms with Crippen LogP contribution in [0.5, 0.6) is 0 Å². The Balaban J connectivity index is 1.96. The summed E-state index contributed by atoms with van der Waals surface area (Å²) in [6, 6.07) is 0. The summed E-state index contributed by atoms with van der Waals surface area (Å²) in [4.78, 5) is 16.1. The second-order valence-electron chi connectivity index (χ2n) is 5.51. The second kappa shape index (κ2) is 7.93. The first kappa shape index (κ1) is 20.0. The van der Waals surface area contributed by atoms with Crippen LogP contribution >= 0.6 is 46.4 Å². The minimum absolute atomic E-state index is 0.00645. The minimum atomic E-state index is -3.17. The lowest BCUT2D eigenvalue weighted by molar-refractivity contribution is 0.0936. The first-order valence-electron chi connectivity index (χ1n) is 7.04. The van der Waals surface area contributed by atoms with Gasteiger partial charge in [0.15, 0.2) is 0 Å². The molecule has 0 atom stereocenters. The Kier molecular flexibility index (Phi) is 6.61. The van der Waals surface area contributed by atoms with E-state index in [2.05, 4.69) is 10.3 Å². The quantitative estimate of drug-likeness (QED) is 0.738. The second-order valence-corrected chi connectivity index (χ2v) is 8.98. The highest BCUT2D eigenvalue weighted by molar-refractivity contribution is 7.88. The number of hydrogen-bond donors (Lipinski definition) is 1. The molecule has 24 heavy (non-hydrogen) atoms. The number of rotatable bonds is 4. The standard InChI is InChI=1S/C13H15Cl4N3O3S/c1-24(22,23)20-4-2-7(3-5-20)6-18-13(21)11-9(15)8(14)10(16)12(17)19-11/h7H,2-6H2,1H3,(H,18,21). The Morgan fingerprint density at radius 1 is 1.17 bits per heavy atom. The van der Waals surface area contributed by atoms with E-state index in [4.69, 9.17) is 46.4 Å². The number of carbonyl (C=O) groups excluding carboxylic acids is 1. The molecule has 1 aliphatic rings. The van der Waals surface area contributed by atoms with E-state index >= 15 is 0 Å². The fraction of sp³-hybridized carbons (Fsp3) is 0.538. The summed E-state index contributed by atoms with van der Waals surface area (Å²) in [5.41, 5.74) is -0.0929. The van der Waals surface area contributed by atoms with Crippen LogP contribution in [0.4, 0.5) is 0 Å². The van der Waals surface area contributed by atoms with E-state index in [0.717, 1.165) is 0 Å². The van der Waals surface area contributed by atoms with Gasteiger partial charge in [0.05, 0.1) is 21.3 Å². The molecule has 1 aromatic heterocycles. The maximum atomic E-state index is 12.2. The summed E-state index contributed by atoms with van der Waals surface area (Å²) in [6.07, 6.45) is 2.52. The molecular formula is C13H15Cl4N3O3S. The fourth-order valence-corrected chi connectivity index (χ4v) is 4.09. The molecule has 1 saturated heterocycles. The first-order valence-corrected chi connectivity index (χ1v) is 10.4. The highest BCUT2D eigenvalue weighted by Gasteiger charge is 2.26. The van der Waals surface area contributed by atoms with E-state index < -0.39 is 15.9 Å². The zero-order chi connectivity index (χ0) is 18.1. The van der Waals surface area contributed by atoms with Gasteiger partial charge in [-0.15, -0.1) is 0 Å². The van der Waals surface area contributed by atoms with Crippen LogP contribution in [0.3, 0.4) is 0 Å². The Morgan fingerprint density at radius 3 is 2.29 bits per heavy atom. The van der Waals surface area contributed by atoms with Crippen molar-refractivity contribution in [3.05, 3.63) is 25.9 Å². The van der Waals surface area contributed by atoms with E-state index in [1.807, 2.05) is 0 Å². The lowest BCUT2D eigenvalue weighted by Gasteiger charge is -2.30. The summed E-state index contributed by atoms with van der Waals surface area (Å²) in [5, 5.41) is 2.53. The van der Waals surface area contributed by atoms with Gasteiger partial charge in [-0.2, -0.15) is 0 Å². The van der Waals surface area contributed by atoms with Gasteiger partial charge >= 0.3 is 0 Å². The molecule has 0 radical (unpaired) electrons. The maximum Gasteiger partial charge on any atom is 0.271 e. The topological polar surface area (TPSA) is 79.4 Å². The largest absolute Gasteiger partial charge is 0.350 e. The number of halogens is 4. The van der Waals surface area contributed by atoms with Crippen molar-refractivity contribution < 1.29 is 13.2 Å². The average molecular weight is 435 g/mol. The van der Waals surface area contributed by atoms with Crippen LogP contribution in [0.25, 0.3) is 0 Å². The van der Waals surface area contributed by atoms with E-state index in [0.29, 0.717) is 32.5 Å². The number of pyridine rings is 1. The van der Waals surface area contributed by atoms with Gasteiger partial charge in [-0.1, -0.05) is 46.4 Å².